The van der Waals surface area contributed by atoms with Crippen LogP contribution < -0.4 is 0 Å². The summed E-state index contributed by atoms with van der Waals surface area (Å²) < 4.78 is 18.5. The highest BCUT2D eigenvalue weighted by atomic mass is 19.1. The Labute approximate surface area is 160 Å². The minimum absolute atomic E-state index is 0.272. The Kier molecular flexibility index (Phi) is 3.45. The second kappa shape index (κ2) is 5.78. The molecule has 2 aromatic heterocycles. The summed E-state index contributed by atoms with van der Waals surface area (Å²) in [5.74, 6) is -0.454. The molecule has 5 rings (SSSR count). The van der Waals surface area contributed by atoms with E-state index in [1.807, 2.05) is 52.6 Å². The molecule has 1 N–H and O–H groups in total. The number of hydrogen-bond donors (Lipinski definition) is 1. The van der Waals surface area contributed by atoms with Crippen LogP contribution in [0.25, 0.3) is 10.9 Å². The summed E-state index contributed by atoms with van der Waals surface area (Å²) in [7, 11) is 1.92. The molecule has 1 aliphatic heterocycles. The summed E-state index contributed by atoms with van der Waals surface area (Å²) >= 11 is 0. The van der Waals surface area contributed by atoms with Gasteiger partial charge in [-0.15, -0.1) is 0 Å². The van der Waals surface area contributed by atoms with Crippen molar-refractivity contribution in [1.82, 2.24) is 14.1 Å². The van der Waals surface area contributed by atoms with Gasteiger partial charge in [-0.1, -0.05) is 24.3 Å². The monoisotopic (exact) mass is 372 g/mol. The Morgan fingerprint density at radius 2 is 2.04 bits per heavy atom. The smallest absolute Gasteiger partial charge is 0.148 e. The van der Waals surface area contributed by atoms with Gasteiger partial charge in [-0.25, -0.2) is 9.37 Å². The van der Waals surface area contributed by atoms with Crippen LogP contribution in [0.3, 0.4) is 0 Å². The van der Waals surface area contributed by atoms with Crippen LogP contribution in [0.5, 0.6) is 0 Å². The predicted octanol–water partition coefficient (Wildman–Crippen LogP) is 3.61. The van der Waals surface area contributed by atoms with Gasteiger partial charge in [0.15, 0.2) is 0 Å². The van der Waals surface area contributed by atoms with E-state index in [-0.39, 0.29) is 12.0 Å². The van der Waals surface area contributed by atoms with E-state index in [1.54, 1.807) is 24.7 Å². The van der Waals surface area contributed by atoms with Crippen LogP contribution in [-0.2, 0) is 12.6 Å². The molecule has 1 aliphatic rings. The number of aromatic nitrogens is 3. The molecule has 0 bridgehead atoms. The molecule has 28 heavy (non-hydrogen) atoms. The second-order valence-electron chi connectivity index (χ2n) is 7.26. The van der Waals surface area contributed by atoms with Crippen LogP contribution in [0, 0.1) is 17.1 Å². The molecule has 5 nitrogen and oxygen atoms in total. The van der Waals surface area contributed by atoms with Crippen molar-refractivity contribution in [2.45, 2.75) is 18.1 Å². The highest BCUT2D eigenvalue weighted by Gasteiger charge is 2.47. The van der Waals surface area contributed by atoms with Gasteiger partial charge in [-0.2, -0.15) is 5.26 Å². The number of fused-ring (bicyclic) bond motifs is 2. The molecule has 138 valence electrons. The normalized spacial score (nSPS) is 21.0. The molecular formula is C22H17FN4O. The summed E-state index contributed by atoms with van der Waals surface area (Å²) in [5, 5.41) is 21.8. The Morgan fingerprint density at radius 1 is 1.21 bits per heavy atom. The van der Waals surface area contributed by atoms with Gasteiger partial charge in [0, 0.05) is 24.5 Å². The summed E-state index contributed by atoms with van der Waals surface area (Å²) in [5.41, 5.74) is 1.81. The number of para-hydroxylation sites is 1. The van der Waals surface area contributed by atoms with Crippen LogP contribution in [0.1, 0.15) is 35.0 Å². The maximum absolute atomic E-state index is 14.7. The van der Waals surface area contributed by atoms with Crippen molar-refractivity contribution in [2.75, 3.05) is 0 Å². The molecule has 0 unspecified atom stereocenters. The van der Waals surface area contributed by atoms with Crippen LogP contribution in [0.15, 0.2) is 61.1 Å². The molecule has 0 amide bonds. The van der Waals surface area contributed by atoms with E-state index in [4.69, 9.17) is 5.26 Å². The van der Waals surface area contributed by atoms with E-state index >= 15 is 0 Å². The quantitative estimate of drug-likeness (QED) is 0.584. The van der Waals surface area contributed by atoms with Gasteiger partial charge in [-0.3, -0.25) is 0 Å². The van der Waals surface area contributed by atoms with Crippen LogP contribution in [0.2, 0.25) is 0 Å². The van der Waals surface area contributed by atoms with E-state index in [0.717, 1.165) is 16.6 Å². The first kappa shape index (κ1) is 16.7. The second-order valence-corrected chi connectivity index (χ2v) is 7.26. The van der Waals surface area contributed by atoms with Gasteiger partial charge in [0.1, 0.15) is 11.4 Å². The average molecular weight is 372 g/mol. The summed E-state index contributed by atoms with van der Waals surface area (Å²) in [6.07, 6.45) is 3.55. The fourth-order valence-corrected chi connectivity index (χ4v) is 4.40. The first-order valence-corrected chi connectivity index (χ1v) is 9.02. The predicted molar refractivity (Wildman–Crippen MR) is 102 cm³/mol. The van der Waals surface area contributed by atoms with E-state index in [9.17, 15) is 9.50 Å². The summed E-state index contributed by atoms with van der Waals surface area (Å²) in [6.45, 7) is 0. The Balaban J connectivity index is 1.67. The zero-order chi connectivity index (χ0) is 19.5. The highest BCUT2D eigenvalue weighted by Crippen LogP contribution is 2.47. The van der Waals surface area contributed by atoms with Crippen LogP contribution in [0.4, 0.5) is 4.39 Å². The van der Waals surface area contributed by atoms with Crippen LogP contribution in [-0.4, -0.2) is 19.2 Å². The van der Waals surface area contributed by atoms with Crippen molar-refractivity contribution in [1.29, 1.82) is 5.26 Å². The largest absolute Gasteiger partial charge is 0.377 e. The van der Waals surface area contributed by atoms with Gasteiger partial charge in [-0.05, 0) is 29.7 Å². The van der Waals surface area contributed by atoms with Crippen molar-refractivity contribution < 1.29 is 9.50 Å². The standard InChI is InChI=1S/C22H17FN4O/c1-26-18-5-3-2-4-15(18)9-20(26)22(28)10-19(27-13-25-12-21(22)27)16-7-6-14(11-24)8-17(16)23/h2-9,12-13,19,28H,10H2,1H3/t19-,22+/m1/s1. The van der Waals surface area contributed by atoms with Gasteiger partial charge in [0.25, 0.3) is 0 Å². The summed E-state index contributed by atoms with van der Waals surface area (Å²) in [4.78, 5) is 4.21. The fraction of sp³-hybridized carbons (Fsp3) is 0.182. The molecule has 0 fully saturated rings. The third-order valence-corrected chi connectivity index (χ3v) is 5.78. The zero-order valence-electron chi connectivity index (χ0n) is 15.2. The van der Waals surface area contributed by atoms with Gasteiger partial charge < -0.3 is 14.2 Å². The van der Waals surface area contributed by atoms with Crippen molar-refractivity contribution in [3.8, 4) is 6.07 Å². The molecule has 0 saturated carbocycles. The molecule has 0 radical (unpaired) electrons. The van der Waals surface area contributed by atoms with E-state index in [1.165, 1.54) is 6.07 Å². The number of hydrogen-bond acceptors (Lipinski definition) is 3. The molecule has 0 spiro atoms. The zero-order valence-corrected chi connectivity index (χ0v) is 15.2. The molecule has 3 heterocycles. The fourth-order valence-electron chi connectivity index (χ4n) is 4.40. The molecule has 2 aromatic carbocycles. The lowest BCUT2D eigenvalue weighted by molar-refractivity contribution is 0.0720. The lowest BCUT2D eigenvalue weighted by atomic mass is 9.90. The molecule has 2 atom stereocenters. The Bertz CT molecular complexity index is 1270. The van der Waals surface area contributed by atoms with Crippen molar-refractivity contribution in [3.05, 3.63) is 89.4 Å². The number of aliphatic hydroxyl groups is 1. The first-order chi connectivity index (χ1) is 13.5. The number of rotatable bonds is 2. The van der Waals surface area contributed by atoms with Crippen LogP contribution >= 0.6 is 0 Å². The minimum atomic E-state index is -1.30. The average Bonchev–Trinajstić information content (AvgIpc) is 3.38. The van der Waals surface area contributed by atoms with E-state index in [2.05, 4.69) is 4.98 Å². The molecular weight excluding hydrogens is 355 g/mol. The number of imidazole rings is 1. The number of nitriles is 1. The number of benzene rings is 2. The van der Waals surface area contributed by atoms with Crippen molar-refractivity contribution in [3.63, 3.8) is 0 Å². The number of aryl methyl sites for hydroxylation is 1. The number of nitrogens with zero attached hydrogens (tertiary/aromatic N) is 4. The third-order valence-electron chi connectivity index (χ3n) is 5.78. The summed E-state index contributed by atoms with van der Waals surface area (Å²) in [6, 6.07) is 15.9. The molecule has 0 aliphatic carbocycles. The first-order valence-electron chi connectivity index (χ1n) is 9.02. The molecule has 6 heteroatoms. The van der Waals surface area contributed by atoms with E-state index in [0.29, 0.717) is 11.3 Å². The topological polar surface area (TPSA) is 66.8 Å². The number of halogens is 1. The highest BCUT2D eigenvalue weighted by molar-refractivity contribution is 5.81. The maximum Gasteiger partial charge on any atom is 0.148 e. The van der Waals surface area contributed by atoms with Gasteiger partial charge in [0.05, 0.1) is 41.6 Å². The van der Waals surface area contributed by atoms with Crippen molar-refractivity contribution >= 4 is 10.9 Å². The van der Waals surface area contributed by atoms with Crippen molar-refractivity contribution in [2.24, 2.45) is 7.05 Å². The van der Waals surface area contributed by atoms with E-state index < -0.39 is 17.5 Å². The lowest BCUT2D eigenvalue weighted by Crippen LogP contribution is -2.27. The Hall–Kier alpha value is -3.43. The lowest BCUT2D eigenvalue weighted by Gasteiger charge is -2.24. The van der Waals surface area contributed by atoms with Gasteiger partial charge in [0.2, 0.25) is 0 Å². The maximum atomic E-state index is 14.7. The minimum Gasteiger partial charge on any atom is -0.377 e. The Morgan fingerprint density at radius 3 is 2.79 bits per heavy atom. The SMILES string of the molecule is Cn1c([C@@]2(O)C[C@H](c3ccc(C#N)cc3F)n3cncc32)cc2ccccc21. The van der Waals surface area contributed by atoms with Gasteiger partial charge >= 0.3 is 0 Å². The third kappa shape index (κ3) is 2.17. The molecule has 0 saturated heterocycles. The molecule has 4 aromatic rings.